The average molecular weight is 248 g/mol. The lowest BCUT2D eigenvalue weighted by Crippen LogP contribution is -2.45. The van der Waals surface area contributed by atoms with Crippen LogP contribution in [0, 0.1) is 5.41 Å². The molecule has 0 spiro atoms. The first-order valence-corrected chi connectivity index (χ1v) is 6.34. The topological polar surface area (TPSA) is 38.3 Å². The second-order valence-electron chi connectivity index (χ2n) is 5.49. The first kappa shape index (κ1) is 13.8. The fraction of sp³-hybridized carbons (Fsp3) is 0.917. The first-order valence-electron chi connectivity index (χ1n) is 5.81. The van der Waals surface area contributed by atoms with Gasteiger partial charge in [0.2, 0.25) is 5.91 Å². The number of carbonyl (C=O) groups is 1. The first-order chi connectivity index (χ1) is 7.43. The van der Waals surface area contributed by atoms with Crippen molar-refractivity contribution in [3.05, 3.63) is 0 Å². The molecular weight excluding hydrogens is 226 g/mol. The smallest absolute Gasteiger partial charge is 0.222 e. The minimum absolute atomic E-state index is 0.0446. The Morgan fingerprint density at radius 3 is 2.50 bits per heavy atom. The van der Waals surface area contributed by atoms with Crippen molar-refractivity contribution in [3.63, 3.8) is 0 Å². The number of hydrogen-bond donors (Lipinski definition) is 1. The van der Waals surface area contributed by atoms with E-state index in [0.717, 1.165) is 19.3 Å². The third-order valence-electron chi connectivity index (χ3n) is 3.31. The molecule has 1 fully saturated rings. The molecule has 94 valence electrons. The van der Waals surface area contributed by atoms with Crippen LogP contribution in [0.1, 0.15) is 39.5 Å². The Morgan fingerprint density at radius 2 is 2.12 bits per heavy atom. The van der Waals surface area contributed by atoms with Crippen molar-refractivity contribution in [1.82, 2.24) is 5.32 Å². The Kier molecular flexibility index (Phi) is 4.62. The van der Waals surface area contributed by atoms with Gasteiger partial charge in [0.1, 0.15) is 0 Å². The fourth-order valence-electron chi connectivity index (χ4n) is 1.76. The van der Waals surface area contributed by atoms with Crippen LogP contribution in [-0.2, 0) is 9.53 Å². The molecule has 0 aromatic rings. The van der Waals surface area contributed by atoms with Crippen LogP contribution < -0.4 is 5.32 Å². The summed E-state index contributed by atoms with van der Waals surface area (Å²) >= 11 is 5.80. The standard InChI is InChI=1S/C12H22ClNO2/c1-11(2,8-13)9-14-10(15)7-12(16-3)5-4-6-12/h4-9H2,1-3H3,(H,14,15). The maximum atomic E-state index is 11.7. The van der Waals surface area contributed by atoms with Crippen LogP contribution in [0.2, 0.25) is 0 Å². The predicted octanol–water partition coefficient (Wildman–Crippen LogP) is 2.33. The summed E-state index contributed by atoms with van der Waals surface area (Å²) in [4.78, 5) is 11.7. The maximum absolute atomic E-state index is 11.7. The lowest BCUT2D eigenvalue weighted by atomic mass is 9.77. The Balaban J connectivity index is 2.31. The maximum Gasteiger partial charge on any atom is 0.222 e. The molecule has 1 N–H and O–H groups in total. The van der Waals surface area contributed by atoms with E-state index in [4.69, 9.17) is 16.3 Å². The van der Waals surface area contributed by atoms with E-state index < -0.39 is 0 Å². The van der Waals surface area contributed by atoms with E-state index in [1.807, 2.05) is 13.8 Å². The van der Waals surface area contributed by atoms with Crippen molar-refractivity contribution in [1.29, 1.82) is 0 Å². The van der Waals surface area contributed by atoms with Crippen molar-refractivity contribution in [3.8, 4) is 0 Å². The van der Waals surface area contributed by atoms with Crippen molar-refractivity contribution < 1.29 is 9.53 Å². The molecule has 0 saturated heterocycles. The van der Waals surface area contributed by atoms with E-state index in [1.54, 1.807) is 7.11 Å². The van der Waals surface area contributed by atoms with Gasteiger partial charge in [-0.05, 0) is 24.7 Å². The highest BCUT2D eigenvalue weighted by molar-refractivity contribution is 6.18. The minimum Gasteiger partial charge on any atom is -0.378 e. The quantitative estimate of drug-likeness (QED) is 0.732. The summed E-state index contributed by atoms with van der Waals surface area (Å²) in [6, 6.07) is 0. The number of ether oxygens (including phenoxy) is 1. The molecule has 1 amide bonds. The normalized spacial score (nSPS) is 19.0. The lowest BCUT2D eigenvalue weighted by molar-refractivity contribution is -0.134. The number of methoxy groups -OCH3 is 1. The van der Waals surface area contributed by atoms with Crippen molar-refractivity contribution in [2.45, 2.75) is 45.1 Å². The van der Waals surface area contributed by atoms with Gasteiger partial charge in [-0.1, -0.05) is 13.8 Å². The van der Waals surface area contributed by atoms with Gasteiger partial charge in [-0.25, -0.2) is 0 Å². The number of amides is 1. The van der Waals surface area contributed by atoms with Gasteiger partial charge in [0.05, 0.1) is 12.0 Å². The highest BCUT2D eigenvalue weighted by Crippen LogP contribution is 2.37. The summed E-state index contributed by atoms with van der Waals surface area (Å²) in [7, 11) is 1.69. The average Bonchev–Trinajstić information content (AvgIpc) is 2.21. The molecule has 4 heteroatoms. The van der Waals surface area contributed by atoms with Gasteiger partial charge >= 0.3 is 0 Å². The van der Waals surface area contributed by atoms with E-state index in [0.29, 0.717) is 18.8 Å². The van der Waals surface area contributed by atoms with Gasteiger partial charge in [0, 0.05) is 19.5 Å². The zero-order valence-corrected chi connectivity index (χ0v) is 11.2. The molecule has 1 aliphatic carbocycles. The Labute approximate surface area is 103 Å². The van der Waals surface area contributed by atoms with Crippen molar-refractivity contribution in [2.75, 3.05) is 19.5 Å². The van der Waals surface area contributed by atoms with E-state index in [1.165, 1.54) is 0 Å². The van der Waals surface area contributed by atoms with Crippen LogP contribution in [0.4, 0.5) is 0 Å². The van der Waals surface area contributed by atoms with Gasteiger partial charge in [0.15, 0.2) is 0 Å². The number of nitrogens with one attached hydrogen (secondary N) is 1. The molecule has 16 heavy (non-hydrogen) atoms. The second-order valence-corrected chi connectivity index (χ2v) is 5.76. The third kappa shape index (κ3) is 3.63. The summed E-state index contributed by atoms with van der Waals surface area (Å²) in [6.45, 7) is 4.69. The molecule has 1 saturated carbocycles. The van der Waals surface area contributed by atoms with Crippen LogP contribution in [0.3, 0.4) is 0 Å². The van der Waals surface area contributed by atoms with E-state index in [9.17, 15) is 4.79 Å². The van der Waals surface area contributed by atoms with Gasteiger partial charge in [-0.15, -0.1) is 11.6 Å². The highest BCUT2D eigenvalue weighted by Gasteiger charge is 2.39. The molecule has 0 bridgehead atoms. The van der Waals surface area contributed by atoms with Crippen molar-refractivity contribution >= 4 is 17.5 Å². The van der Waals surface area contributed by atoms with Gasteiger partial charge in [0.25, 0.3) is 0 Å². The molecule has 1 rings (SSSR count). The molecule has 0 aliphatic heterocycles. The number of carbonyl (C=O) groups excluding carboxylic acids is 1. The fourth-order valence-corrected chi connectivity index (χ4v) is 1.86. The van der Waals surface area contributed by atoms with Crippen LogP contribution in [0.25, 0.3) is 0 Å². The monoisotopic (exact) mass is 247 g/mol. The van der Waals surface area contributed by atoms with E-state index in [-0.39, 0.29) is 16.9 Å². The highest BCUT2D eigenvalue weighted by atomic mass is 35.5. The SMILES string of the molecule is COC1(CC(=O)NCC(C)(C)CCl)CCC1. The van der Waals surface area contributed by atoms with Crippen LogP contribution in [0.5, 0.6) is 0 Å². The largest absolute Gasteiger partial charge is 0.378 e. The molecule has 0 heterocycles. The molecule has 0 aromatic carbocycles. The summed E-state index contributed by atoms with van der Waals surface area (Å²) in [5.41, 5.74) is -0.230. The molecule has 0 radical (unpaired) electrons. The van der Waals surface area contributed by atoms with Crippen molar-refractivity contribution in [2.24, 2.45) is 5.41 Å². The number of halogens is 1. The van der Waals surface area contributed by atoms with Gasteiger partial charge in [-0.2, -0.15) is 0 Å². The van der Waals surface area contributed by atoms with E-state index >= 15 is 0 Å². The zero-order chi connectivity index (χ0) is 12.2. The summed E-state index contributed by atoms with van der Waals surface area (Å²) in [6.07, 6.45) is 3.63. The molecule has 0 atom stereocenters. The zero-order valence-electron chi connectivity index (χ0n) is 10.4. The Bertz CT molecular complexity index is 244. The number of hydrogen-bond acceptors (Lipinski definition) is 2. The van der Waals surface area contributed by atoms with Gasteiger partial charge in [-0.3, -0.25) is 4.79 Å². The molecule has 0 aromatic heterocycles. The van der Waals surface area contributed by atoms with Crippen LogP contribution in [0.15, 0.2) is 0 Å². The molecule has 1 aliphatic rings. The minimum atomic E-state index is -0.185. The van der Waals surface area contributed by atoms with Crippen LogP contribution >= 0.6 is 11.6 Å². The van der Waals surface area contributed by atoms with Gasteiger partial charge < -0.3 is 10.1 Å². The summed E-state index contributed by atoms with van der Waals surface area (Å²) in [5, 5.41) is 2.93. The number of rotatable bonds is 6. The molecule has 3 nitrogen and oxygen atoms in total. The van der Waals surface area contributed by atoms with E-state index in [2.05, 4.69) is 5.32 Å². The second kappa shape index (κ2) is 5.37. The molecule has 0 unspecified atom stereocenters. The third-order valence-corrected chi connectivity index (χ3v) is 4.03. The summed E-state index contributed by atoms with van der Waals surface area (Å²) < 4.78 is 5.42. The Hall–Kier alpha value is -0.280. The predicted molar refractivity (Wildman–Crippen MR) is 65.7 cm³/mol. The summed E-state index contributed by atoms with van der Waals surface area (Å²) in [5.74, 6) is 0.614. The molecular formula is C12H22ClNO2. The Morgan fingerprint density at radius 1 is 1.50 bits per heavy atom. The van der Waals surface area contributed by atoms with Crippen LogP contribution in [-0.4, -0.2) is 31.0 Å². The lowest BCUT2D eigenvalue weighted by Gasteiger charge is -2.40. The number of alkyl halides is 1.